The van der Waals surface area contributed by atoms with E-state index in [0.717, 1.165) is 0 Å². The fourth-order valence-electron chi connectivity index (χ4n) is 1.33. The van der Waals surface area contributed by atoms with Crippen molar-refractivity contribution < 1.29 is 14.7 Å². The van der Waals surface area contributed by atoms with Crippen LogP contribution < -0.4 is 11.1 Å². The lowest BCUT2D eigenvalue weighted by atomic mass is 10.2. The zero-order valence-corrected chi connectivity index (χ0v) is 10.9. The number of nitrogens with zero attached hydrogens (tertiary/aromatic N) is 2. The van der Waals surface area contributed by atoms with Gasteiger partial charge in [0.05, 0.1) is 5.56 Å². The summed E-state index contributed by atoms with van der Waals surface area (Å²) in [5, 5.41) is 17.3. The smallest absolute Gasteiger partial charge is 0.336 e. The van der Waals surface area contributed by atoms with Crippen LogP contribution in [0.25, 0.3) is 0 Å². The van der Waals surface area contributed by atoms with Gasteiger partial charge < -0.3 is 16.2 Å². The van der Waals surface area contributed by atoms with Crippen LogP contribution in [0.1, 0.15) is 21.0 Å². The Morgan fingerprint density at radius 2 is 2.16 bits per heavy atom. The summed E-state index contributed by atoms with van der Waals surface area (Å²) < 4.78 is 0.418. The molecule has 0 aliphatic rings. The molecule has 5 N–H and O–H groups in total. The molecule has 0 fully saturated rings. The number of carboxylic acids is 1. The van der Waals surface area contributed by atoms with Crippen LogP contribution in [0.4, 0.5) is 11.6 Å². The second-order valence-corrected chi connectivity index (χ2v) is 4.35. The number of hydrogen-bond acceptors (Lipinski definition) is 5. The first kappa shape index (κ1) is 13.0. The quantitative estimate of drug-likeness (QED) is 0.667. The van der Waals surface area contributed by atoms with Crippen LogP contribution in [0.2, 0.25) is 0 Å². The number of aromatic amines is 1. The highest BCUT2D eigenvalue weighted by Gasteiger charge is 2.13. The van der Waals surface area contributed by atoms with E-state index >= 15 is 0 Å². The number of H-pyrrole nitrogens is 1. The first-order valence-electron chi connectivity index (χ1n) is 4.99. The number of rotatable bonds is 3. The van der Waals surface area contributed by atoms with E-state index < -0.39 is 11.9 Å². The summed E-state index contributed by atoms with van der Waals surface area (Å²) >= 11 is 3.11. The molecule has 8 nitrogen and oxygen atoms in total. The molecule has 0 bridgehead atoms. The molecule has 1 aromatic heterocycles. The second kappa shape index (κ2) is 5.06. The van der Waals surface area contributed by atoms with Gasteiger partial charge in [-0.15, -0.1) is 5.10 Å². The summed E-state index contributed by atoms with van der Waals surface area (Å²) in [6.07, 6.45) is 0. The molecular weight excluding hydrogens is 318 g/mol. The Balaban J connectivity index is 2.22. The van der Waals surface area contributed by atoms with Gasteiger partial charge in [0.1, 0.15) is 0 Å². The molecule has 0 aliphatic heterocycles. The summed E-state index contributed by atoms with van der Waals surface area (Å²) in [5.41, 5.74) is 5.63. The highest BCUT2D eigenvalue weighted by atomic mass is 79.9. The summed E-state index contributed by atoms with van der Waals surface area (Å²) in [5.74, 6) is -1.78. The monoisotopic (exact) mass is 325 g/mol. The predicted molar refractivity (Wildman–Crippen MR) is 69.8 cm³/mol. The third-order valence-corrected chi connectivity index (χ3v) is 2.86. The number of nitrogens with one attached hydrogen (secondary N) is 2. The standard InChI is InChI=1S/C10H8BrN5O3/c11-6-2-1-4(3-5(6)9(18)19)13-8(17)7-14-10(12)16-15-7/h1-3H,(H,13,17)(H,18,19)(H3,12,14,15,16). The maximum atomic E-state index is 11.7. The Kier molecular flexibility index (Phi) is 3.47. The van der Waals surface area contributed by atoms with Crippen LogP contribution in [-0.4, -0.2) is 32.2 Å². The Labute approximate surface area is 115 Å². The SMILES string of the molecule is Nc1n[nH]c(C(=O)Nc2ccc(Br)c(C(=O)O)c2)n1. The first-order chi connectivity index (χ1) is 8.97. The number of halogens is 1. The van der Waals surface area contributed by atoms with Gasteiger partial charge in [-0.3, -0.25) is 9.89 Å². The minimum atomic E-state index is -1.10. The molecule has 19 heavy (non-hydrogen) atoms. The van der Waals surface area contributed by atoms with Crippen molar-refractivity contribution in [2.75, 3.05) is 11.1 Å². The van der Waals surface area contributed by atoms with Gasteiger partial charge >= 0.3 is 5.97 Å². The molecule has 2 rings (SSSR count). The van der Waals surface area contributed by atoms with E-state index in [1.807, 2.05) is 0 Å². The van der Waals surface area contributed by atoms with Crippen LogP contribution in [0.15, 0.2) is 22.7 Å². The lowest BCUT2D eigenvalue weighted by Gasteiger charge is -2.05. The average Bonchev–Trinajstić information content (AvgIpc) is 2.78. The minimum Gasteiger partial charge on any atom is -0.478 e. The van der Waals surface area contributed by atoms with Crippen molar-refractivity contribution in [2.45, 2.75) is 0 Å². The molecule has 0 saturated carbocycles. The molecule has 0 atom stereocenters. The van der Waals surface area contributed by atoms with Gasteiger partial charge in [0.2, 0.25) is 11.8 Å². The van der Waals surface area contributed by atoms with Crippen LogP contribution in [0.3, 0.4) is 0 Å². The zero-order valence-electron chi connectivity index (χ0n) is 9.35. The molecule has 0 saturated heterocycles. The molecule has 1 aromatic carbocycles. The van der Waals surface area contributed by atoms with Crippen molar-refractivity contribution in [1.29, 1.82) is 0 Å². The molecular formula is C10H8BrN5O3. The molecule has 98 valence electrons. The minimum absolute atomic E-state index is 0.0369. The Hall–Kier alpha value is -2.42. The Bertz CT molecular complexity index is 654. The summed E-state index contributed by atoms with van der Waals surface area (Å²) in [6.45, 7) is 0. The summed E-state index contributed by atoms with van der Waals surface area (Å²) in [4.78, 5) is 26.3. The number of hydrogen-bond donors (Lipinski definition) is 4. The van der Waals surface area contributed by atoms with Crippen molar-refractivity contribution >= 4 is 39.4 Å². The predicted octanol–water partition coefficient (Wildman–Crippen LogP) is 1.10. The van der Waals surface area contributed by atoms with E-state index in [2.05, 4.69) is 36.4 Å². The lowest BCUT2D eigenvalue weighted by molar-refractivity contribution is 0.0695. The molecule has 2 aromatic rings. The van der Waals surface area contributed by atoms with E-state index in [-0.39, 0.29) is 17.3 Å². The number of carbonyl (C=O) groups excluding carboxylic acids is 1. The molecule has 0 unspecified atom stereocenters. The number of nitrogens with two attached hydrogens (primary N) is 1. The van der Waals surface area contributed by atoms with Crippen molar-refractivity contribution in [3.05, 3.63) is 34.1 Å². The summed E-state index contributed by atoms with van der Waals surface area (Å²) in [7, 11) is 0. The molecule has 1 amide bonds. The number of nitrogen functional groups attached to an aromatic ring is 1. The van der Waals surface area contributed by atoms with Gasteiger partial charge in [-0.05, 0) is 34.1 Å². The maximum Gasteiger partial charge on any atom is 0.336 e. The molecule has 1 heterocycles. The van der Waals surface area contributed by atoms with Gasteiger partial charge in [-0.2, -0.15) is 4.98 Å². The maximum absolute atomic E-state index is 11.7. The highest BCUT2D eigenvalue weighted by molar-refractivity contribution is 9.10. The van der Waals surface area contributed by atoms with Crippen molar-refractivity contribution in [3.63, 3.8) is 0 Å². The molecule has 0 spiro atoms. The van der Waals surface area contributed by atoms with E-state index in [1.54, 1.807) is 6.07 Å². The van der Waals surface area contributed by atoms with Crippen molar-refractivity contribution in [2.24, 2.45) is 0 Å². The number of amides is 1. The number of carboxylic acid groups (broad SMARTS) is 1. The molecule has 0 aliphatic carbocycles. The van der Waals surface area contributed by atoms with E-state index in [4.69, 9.17) is 10.8 Å². The number of carbonyl (C=O) groups is 2. The van der Waals surface area contributed by atoms with Gasteiger partial charge in [0.15, 0.2) is 0 Å². The van der Waals surface area contributed by atoms with Gasteiger partial charge in [0, 0.05) is 10.2 Å². The zero-order chi connectivity index (χ0) is 14.0. The number of anilines is 2. The van der Waals surface area contributed by atoms with Crippen molar-refractivity contribution in [1.82, 2.24) is 15.2 Å². The molecule has 9 heteroatoms. The number of aromatic carboxylic acids is 1. The third-order valence-electron chi connectivity index (χ3n) is 2.17. The van der Waals surface area contributed by atoms with E-state index in [9.17, 15) is 9.59 Å². The Morgan fingerprint density at radius 3 is 2.74 bits per heavy atom. The first-order valence-corrected chi connectivity index (χ1v) is 5.78. The van der Waals surface area contributed by atoms with Crippen LogP contribution in [-0.2, 0) is 0 Å². The van der Waals surface area contributed by atoms with Crippen LogP contribution in [0.5, 0.6) is 0 Å². The summed E-state index contributed by atoms with van der Waals surface area (Å²) in [6, 6.07) is 4.39. The molecule has 0 radical (unpaired) electrons. The fraction of sp³-hybridized carbons (Fsp3) is 0. The number of aromatic nitrogens is 3. The van der Waals surface area contributed by atoms with E-state index in [0.29, 0.717) is 10.2 Å². The number of benzene rings is 1. The topological polar surface area (TPSA) is 134 Å². The fourth-order valence-corrected chi connectivity index (χ4v) is 1.75. The van der Waals surface area contributed by atoms with Gasteiger partial charge in [-0.25, -0.2) is 4.79 Å². The lowest BCUT2D eigenvalue weighted by Crippen LogP contribution is -2.14. The van der Waals surface area contributed by atoms with Crippen LogP contribution in [0, 0.1) is 0 Å². The average molecular weight is 326 g/mol. The van der Waals surface area contributed by atoms with E-state index in [1.165, 1.54) is 12.1 Å². The highest BCUT2D eigenvalue weighted by Crippen LogP contribution is 2.21. The van der Waals surface area contributed by atoms with Crippen molar-refractivity contribution in [3.8, 4) is 0 Å². The largest absolute Gasteiger partial charge is 0.478 e. The van der Waals surface area contributed by atoms with Gasteiger partial charge in [-0.1, -0.05) is 0 Å². The Morgan fingerprint density at radius 1 is 1.42 bits per heavy atom. The van der Waals surface area contributed by atoms with Gasteiger partial charge in [0.25, 0.3) is 5.91 Å². The second-order valence-electron chi connectivity index (χ2n) is 3.50. The third kappa shape index (κ3) is 2.88. The van der Waals surface area contributed by atoms with Crippen LogP contribution >= 0.6 is 15.9 Å². The normalized spacial score (nSPS) is 10.2.